The van der Waals surface area contributed by atoms with Gasteiger partial charge in [-0.15, -0.1) is 0 Å². The van der Waals surface area contributed by atoms with Gasteiger partial charge in [-0.3, -0.25) is 0 Å². The molecule has 0 unspecified atom stereocenters. The van der Waals surface area contributed by atoms with Gasteiger partial charge >= 0.3 is 0 Å². The number of nitrogens with zero attached hydrogens (tertiary/aromatic N) is 4. The van der Waals surface area contributed by atoms with Crippen molar-refractivity contribution in [1.82, 2.24) is 9.97 Å². The average molecular weight is 300 g/mol. The molecule has 0 saturated heterocycles. The minimum Gasteiger partial charge on any atom is -0.232 e. The van der Waals surface area contributed by atoms with Crippen LogP contribution in [0.15, 0.2) is 28.5 Å². The second kappa shape index (κ2) is 5.58. The molecule has 0 N–H and O–H groups in total. The molecule has 5 heteroatoms. The van der Waals surface area contributed by atoms with Crippen molar-refractivity contribution in [1.29, 1.82) is 0 Å². The predicted molar refractivity (Wildman–Crippen MR) is 66.4 cm³/mol. The normalized spacial score (nSPS) is 12.0. The van der Waals surface area contributed by atoms with Gasteiger partial charge in [-0.1, -0.05) is 6.08 Å². The first-order chi connectivity index (χ1) is 6.77. The molecule has 1 heterocycles. The maximum atomic E-state index is 4.25. The minimum absolute atomic E-state index is 0.708. The standard InChI is InChI=1S/C9H9IN4/c1-3-7(6-13-11-2)8-4-5-12-9(10)14-8/h3-6H,2H2,1H3/b7-3+,13-6-. The van der Waals surface area contributed by atoms with Gasteiger partial charge in [0.25, 0.3) is 0 Å². The van der Waals surface area contributed by atoms with E-state index in [9.17, 15) is 0 Å². The highest BCUT2D eigenvalue weighted by atomic mass is 127. The molecule has 0 bridgehead atoms. The van der Waals surface area contributed by atoms with Crippen molar-refractivity contribution in [2.75, 3.05) is 0 Å². The Hall–Kier alpha value is -1.11. The highest BCUT2D eigenvalue weighted by molar-refractivity contribution is 14.1. The smallest absolute Gasteiger partial charge is 0.191 e. The van der Waals surface area contributed by atoms with Gasteiger partial charge in [0.2, 0.25) is 0 Å². The summed E-state index contributed by atoms with van der Waals surface area (Å²) in [6, 6.07) is 1.83. The summed E-state index contributed by atoms with van der Waals surface area (Å²) in [5.74, 6) is 0. The lowest BCUT2D eigenvalue weighted by molar-refractivity contribution is 1.09. The van der Waals surface area contributed by atoms with Crippen molar-refractivity contribution < 1.29 is 0 Å². The summed E-state index contributed by atoms with van der Waals surface area (Å²) in [7, 11) is 0. The zero-order valence-corrected chi connectivity index (χ0v) is 9.84. The Balaban J connectivity index is 3.02. The summed E-state index contributed by atoms with van der Waals surface area (Å²) in [5.41, 5.74) is 1.73. The quantitative estimate of drug-likeness (QED) is 0.372. The van der Waals surface area contributed by atoms with Crippen molar-refractivity contribution in [3.8, 4) is 0 Å². The number of hydrogen-bond acceptors (Lipinski definition) is 4. The molecule has 0 radical (unpaired) electrons. The van der Waals surface area contributed by atoms with E-state index in [1.165, 1.54) is 0 Å². The Morgan fingerprint density at radius 3 is 3.00 bits per heavy atom. The predicted octanol–water partition coefficient (Wildman–Crippen LogP) is 2.17. The molecule has 1 rings (SSSR count). The molecule has 0 aromatic carbocycles. The third-order valence-electron chi connectivity index (χ3n) is 1.51. The molecule has 14 heavy (non-hydrogen) atoms. The molecule has 0 fully saturated rings. The Bertz CT molecular complexity index is 384. The minimum atomic E-state index is 0.708. The van der Waals surface area contributed by atoms with E-state index in [-0.39, 0.29) is 0 Å². The Kier molecular flexibility index (Phi) is 4.37. The summed E-state index contributed by atoms with van der Waals surface area (Å²) in [5, 5.41) is 7.11. The van der Waals surface area contributed by atoms with Crippen LogP contribution >= 0.6 is 22.6 Å². The highest BCUT2D eigenvalue weighted by Crippen LogP contribution is 2.09. The van der Waals surface area contributed by atoms with Crippen molar-refractivity contribution in [3.05, 3.63) is 27.9 Å². The number of halogens is 1. The maximum absolute atomic E-state index is 4.25. The zero-order valence-electron chi connectivity index (χ0n) is 7.68. The lowest BCUT2D eigenvalue weighted by atomic mass is 10.2. The second-order valence-electron chi connectivity index (χ2n) is 2.34. The Morgan fingerprint density at radius 1 is 1.64 bits per heavy atom. The number of rotatable bonds is 3. The van der Waals surface area contributed by atoms with E-state index >= 15 is 0 Å². The van der Waals surface area contributed by atoms with E-state index in [2.05, 4.69) is 49.5 Å². The molecule has 4 nitrogen and oxygen atoms in total. The van der Waals surface area contributed by atoms with Gasteiger partial charge in [-0.2, -0.15) is 10.2 Å². The first kappa shape index (κ1) is 11.0. The van der Waals surface area contributed by atoms with Crippen molar-refractivity contribution in [3.63, 3.8) is 0 Å². The van der Waals surface area contributed by atoms with Crippen LogP contribution in [0.3, 0.4) is 0 Å². The molecular formula is C9H9IN4. The molecule has 0 atom stereocenters. The highest BCUT2D eigenvalue weighted by Gasteiger charge is 1.99. The first-order valence-corrected chi connectivity index (χ1v) is 5.00. The molecule has 1 aromatic rings. The van der Waals surface area contributed by atoms with Crippen LogP contribution in [0.2, 0.25) is 0 Å². The van der Waals surface area contributed by atoms with Crippen LogP contribution < -0.4 is 0 Å². The van der Waals surface area contributed by atoms with E-state index in [1.54, 1.807) is 12.4 Å². The molecule has 1 aromatic heterocycles. The topological polar surface area (TPSA) is 50.5 Å². The van der Waals surface area contributed by atoms with Gasteiger partial charge in [-0.25, -0.2) is 9.97 Å². The van der Waals surface area contributed by atoms with Crippen LogP contribution in [-0.2, 0) is 0 Å². The molecule has 0 aliphatic rings. The Morgan fingerprint density at radius 2 is 2.43 bits per heavy atom. The van der Waals surface area contributed by atoms with E-state index in [0.717, 1.165) is 11.3 Å². The van der Waals surface area contributed by atoms with Crippen LogP contribution in [0.4, 0.5) is 0 Å². The summed E-state index contributed by atoms with van der Waals surface area (Å²) in [6.07, 6.45) is 5.24. The van der Waals surface area contributed by atoms with Crippen LogP contribution in [0.25, 0.3) is 5.57 Å². The van der Waals surface area contributed by atoms with Crippen molar-refractivity contribution in [2.45, 2.75) is 6.92 Å². The lowest BCUT2D eigenvalue weighted by Gasteiger charge is -1.98. The monoisotopic (exact) mass is 300 g/mol. The SMILES string of the molecule is C=N/N=C\C(=C/C)c1ccnc(I)n1. The summed E-state index contributed by atoms with van der Waals surface area (Å²) in [6.45, 7) is 5.18. The fourth-order valence-corrected chi connectivity index (χ4v) is 1.31. The average Bonchev–Trinajstić information content (AvgIpc) is 2.19. The van der Waals surface area contributed by atoms with Gasteiger partial charge in [-0.05, 0) is 13.0 Å². The van der Waals surface area contributed by atoms with Crippen LogP contribution in [-0.4, -0.2) is 22.9 Å². The summed E-state index contributed by atoms with van der Waals surface area (Å²) >= 11 is 2.06. The van der Waals surface area contributed by atoms with Crippen LogP contribution in [0, 0.1) is 3.83 Å². The van der Waals surface area contributed by atoms with Crippen LogP contribution in [0.1, 0.15) is 12.6 Å². The first-order valence-electron chi connectivity index (χ1n) is 3.92. The third-order valence-corrected chi connectivity index (χ3v) is 2.03. The molecule has 0 aliphatic carbocycles. The maximum Gasteiger partial charge on any atom is 0.191 e. The van der Waals surface area contributed by atoms with Gasteiger partial charge < -0.3 is 0 Å². The molecule has 0 amide bonds. The lowest BCUT2D eigenvalue weighted by Crippen LogP contribution is -1.94. The largest absolute Gasteiger partial charge is 0.232 e. The van der Waals surface area contributed by atoms with E-state index in [1.807, 2.05) is 19.1 Å². The molecule has 0 saturated carbocycles. The van der Waals surface area contributed by atoms with Gasteiger partial charge in [0.05, 0.1) is 11.9 Å². The fraction of sp³-hybridized carbons (Fsp3) is 0.111. The van der Waals surface area contributed by atoms with Gasteiger partial charge in [0.1, 0.15) is 0 Å². The fourth-order valence-electron chi connectivity index (χ4n) is 0.887. The summed E-state index contributed by atoms with van der Waals surface area (Å²) in [4.78, 5) is 8.26. The summed E-state index contributed by atoms with van der Waals surface area (Å²) < 4.78 is 0.708. The second-order valence-corrected chi connectivity index (χ2v) is 3.31. The molecular weight excluding hydrogens is 291 g/mol. The number of aromatic nitrogens is 2. The van der Waals surface area contributed by atoms with Crippen molar-refractivity contribution >= 4 is 41.1 Å². The Labute approximate surface area is 96.0 Å². The molecule has 72 valence electrons. The third kappa shape index (κ3) is 2.99. The molecule has 0 spiro atoms. The van der Waals surface area contributed by atoms with Crippen molar-refractivity contribution in [2.24, 2.45) is 10.2 Å². The van der Waals surface area contributed by atoms with Crippen LogP contribution in [0.5, 0.6) is 0 Å². The number of hydrogen-bond donors (Lipinski definition) is 0. The van der Waals surface area contributed by atoms with Gasteiger partial charge in [0, 0.05) is 41.1 Å². The van der Waals surface area contributed by atoms with E-state index in [0.29, 0.717) is 3.83 Å². The number of allylic oxidation sites excluding steroid dienone is 2. The molecule has 0 aliphatic heterocycles. The van der Waals surface area contributed by atoms with E-state index < -0.39 is 0 Å². The zero-order chi connectivity index (χ0) is 10.4. The van der Waals surface area contributed by atoms with E-state index in [4.69, 9.17) is 0 Å². The van der Waals surface area contributed by atoms with Gasteiger partial charge in [0.15, 0.2) is 3.83 Å².